The summed E-state index contributed by atoms with van der Waals surface area (Å²) in [6, 6.07) is 15.3. The summed E-state index contributed by atoms with van der Waals surface area (Å²) in [5.74, 6) is -0.0684. The number of hydrogen-bond donors (Lipinski definition) is 0. The molecule has 1 aliphatic rings. The van der Waals surface area contributed by atoms with Gasteiger partial charge in [-0.3, -0.25) is 9.78 Å². The number of nitrogens with zero attached hydrogens (tertiary/aromatic N) is 1. The van der Waals surface area contributed by atoms with Crippen LogP contribution in [-0.4, -0.2) is 11.0 Å². The van der Waals surface area contributed by atoms with Crippen LogP contribution in [0.3, 0.4) is 0 Å². The molecule has 0 aliphatic heterocycles. The van der Waals surface area contributed by atoms with Crippen LogP contribution in [0.2, 0.25) is 0 Å². The molecular formula is C20H16FNO2. The third-order valence-electron chi connectivity index (χ3n) is 4.78. The van der Waals surface area contributed by atoms with Crippen LogP contribution >= 0.6 is 0 Å². The number of fused-ring (bicyclic) bond motifs is 1. The smallest absolute Gasteiger partial charge is 0.321 e. The maximum atomic E-state index is 13.2. The fraction of sp³-hybridized carbons (Fsp3) is 0.200. The molecule has 0 atom stereocenters. The molecule has 1 fully saturated rings. The molecular weight excluding hydrogens is 305 g/mol. The Morgan fingerprint density at radius 3 is 2.58 bits per heavy atom. The lowest BCUT2D eigenvalue weighted by atomic mass is 9.64. The second-order valence-corrected chi connectivity index (χ2v) is 6.19. The standard InChI is InChI=1S/C20H16FNO2/c21-16-6-4-15(5-7-16)20(10-2-11-20)19(23)24-17-8-9-18-14(13-17)3-1-12-22-18/h1,3-9,12-13H,2,10-11H2. The summed E-state index contributed by atoms with van der Waals surface area (Å²) in [6.45, 7) is 0. The number of ether oxygens (including phenoxy) is 1. The van der Waals surface area contributed by atoms with E-state index in [1.165, 1.54) is 12.1 Å². The third kappa shape index (κ3) is 2.44. The summed E-state index contributed by atoms with van der Waals surface area (Å²) in [5.41, 5.74) is 1.02. The maximum Gasteiger partial charge on any atom is 0.321 e. The van der Waals surface area contributed by atoms with Crippen LogP contribution in [0, 0.1) is 5.82 Å². The van der Waals surface area contributed by atoms with Gasteiger partial charge in [0.05, 0.1) is 10.9 Å². The average molecular weight is 321 g/mol. The minimum Gasteiger partial charge on any atom is -0.426 e. The van der Waals surface area contributed by atoms with Crippen molar-refractivity contribution in [2.75, 3.05) is 0 Å². The number of carbonyl (C=O) groups excluding carboxylic acids is 1. The van der Waals surface area contributed by atoms with Gasteiger partial charge in [-0.2, -0.15) is 0 Å². The zero-order valence-corrected chi connectivity index (χ0v) is 13.0. The van der Waals surface area contributed by atoms with E-state index in [-0.39, 0.29) is 11.8 Å². The lowest BCUT2D eigenvalue weighted by Crippen LogP contribution is -2.45. The molecule has 0 bridgehead atoms. The zero-order valence-electron chi connectivity index (χ0n) is 13.0. The van der Waals surface area contributed by atoms with Crippen molar-refractivity contribution in [3.63, 3.8) is 0 Å². The predicted molar refractivity (Wildman–Crippen MR) is 89.3 cm³/mol. The topological polar surface area (TPSA) is 39.2 Å². The summed E-state index contributed by atoms with van der Waals surface area (Å²) < 4.78 is 18.8. The Morgan fingerprint density at radius 1 is 1.08 bits per heavy atom. The molecule has 120 valence electrons. The highest BCUT2D eigenvalue weighted by Crippen LogP contribution is 2.45. The second kappa shape index (κ2) is 5.71. The van der Waals surface area contributed by atoms with Crippen molar-refractivity contribution in [1.82, 2.24) is 4.98 Å². The van der Waals surface area contributed by atoms with Crippen LogP contribution in [0.5, 0.6) is 5.75 Å². The highest BCUT2D eigenvalue weighted by Gasteiger charge is 2.47. The summed E-state index contributed by atoms with van der Waals surface area (Å²) >= 11 is 0. The van der Waals surface area contributed by atoms with Crippen LogP contribution in [-0.2, 0) is 10.2 Å². The Balaban J connectivity index is 1.62. The van der Waals surface area contributed by atoms with E-state index in [4.69, 9.17) is 4.74 Å². The van der Waals surface area contributed by atoms with Gasteiger partial charge in [0.25, 0.3) is 0 Å². The van der Waals surface area contributed by atoms with Crippen molar-refractivity contribution in [2.24, 2.45) is 0 Å². The molecule has 4 rings (SSSR count). The molecule has 4 heteroatoms. The van der Waals surface area contributed by atoms with Gasteiger partial charge in [0, 0.05) is 11.6 Å². The van der Waals surface area contributed by atoms with Gasteiger partial charge in [0.1, 0.15) is 11.6 Å². The lowest BCUT2D eigenvalue weighted by Gasteiger charge is -2.39. The van der Waals surface area contributed by atoms with E-state index < -0.39 is 5.41 Å². The largest absolute Gasteiger partial charge is 0.426 e. The van der Waals surface area contributed by atoms with Crippen molar-refractivity contribution < 1.29 is 13.9 Å². The van der Waals surface area contributed by atoms with Crippen molar-refractivity contribution in [2.45, 2.75) is 24.7 Å². The molecule has 1 aliphatic carbocycles. The Morgan fingerprint density at radius 2 is 1.88 bits per heavy atom. The first-order chi connectivity index (χ1) is 11.7. The van der Waals surface area contributed by atoms with E-state index in [0.717, 1.165) is 35.7 Å². The predicted octanol–water partition coefficient (Wildman–Crippen LogP) is 4.40. The average Bonchev–Trinajstić information content (AvgIpc) is 2.55. The fourth-order valence-electron chi connectivity index (χ4n) is 3.23. The van der Waals surface area contributed by atoms with Crippen molar-refractivity contribution in [3.8, 4) is 5.75 Å². The SMILES string of the molecule is O=C(Oc1ccc2ncccc2c1)C1(c2ccc(F)cc2)CCC1. The van der Waals surface area contributed by atoms with E-state index in [1.807, 2.05) is 24.3 Å². The number of rotatable bonds is 3. The number of pyridine rings is 1. The summed E-state index contributed by atoms with van der Waals surface area (Å²) in [5, 5.41) is 0.923. The molecule has 0 N–H and O–H groups in total. The molecule has 1 aromatic heterocycles. The second-order valence-electron chi connectivity index (χ2n) is 6.19. The minimum absolute atomic E-state index is 0.274. The first kappa shape index (κ1) is 14.8. The van der Waals surface area contributed by atoms with Gasteiger partial charge in [0.2, 0.25) is 0 Å². The van der Waals surface area contributed by atoms with Gasteiger partial charge in [-0.1, -0.05) is 24.6 Å². The Labute approximate surface area is 139 Å². The van der Waals surface area contributed by atoms with Gasteiger partial charge < -0.3 is 4.74 Å². The molecule has 0 amide bonds. The van der Waals surface area contributed by atoms with Crippen molar-refractivity contribution in [3.05, 3.63) is 72.2 Å². The number of esters is 1. The molecule has 1 heterocycles. The van der Waals surface area contributed by atoms with Crippen LogP contribution in [0.15, 0.2) is 60.8 Å². The number of benzene rings is 2. The normalized spacial score (nSPS) is 15.7. The molecule has 3 aromatic rings. The van der Waals surface area contributed by atoms with Crippen molar-refractivity contribution >= 4 is 16.9 Å². The van der Waals surface area contributed by atoms with Crippen molar-refractivity contribution in [1.29, 1.82) is 0 Å². The Bertz CT molecular complexity index is 901. The van der Waals surface area contributed by atoms with E-state index in [9.17, 15) is 9.18 Å². The van der Waals surface area contributed by atoms with Gasteiger partial charge >= 0.3 is 5.97 Å². The highest BCUT2D eigenvalue weighted by atomic mass is 19.1. The lowest BCUT2D eigenvalue weighted by molar-refractivity contribution is -0.144. The summed E-state index contributed by atoms with van der Waals surface area (Å²) in [4.78, 5) is 17.1. The first-order valence-electron chi connectivity index (χ1n) is 8.01. The minimum atomic E-state index is -0.655. The zero-order chi connectivity index (χ0) is 16.6. The Kier molecular flexibility index (Phi) is 3.53. The van der Waals surface area contributed by atoms with Gasteiger partial charge in [-0.25, -0.2) is 4.39 Å². The number of hydrogen-bond acceptors (Lipinski definition) is 3. The van der Waals surface area contributed by atoms with E-state index in [1.54, 1.807) is 24.4 Å². The molecule has 0 saturated heterocycles. The number of halogens is 1. The van der Waals surface area contributed by atoms with Gasteiger partial charge in [-0.05, 0) is 54.8 Å². The molecule has 3 nitrogen and oxygen atoms in total. The van der Waals surface area contributed by atoms with Crippen LogP contribution in [0.4, 0.5) is 4.39 Å². The van der Waals surface area contributed by atoms with Gasteiger partial charge in [-0.15, -0.1) is 0 Å². The molecule has 0 radical (unpaired) electrons. The first-order valence-corrected chi connectivity index (χ1v) is 8.01. The monoisotopic (exact) mass is 321 g/mol. The molecule has 1 saturated carbocycles. The molecule has 0 spiro atoms. The summed E-state index contributed by atoms with van der Waals surface area (Å²) in [6.07, 6.45) is 4.15. The van der Waals surface area contributed by atoms with Crippen LogP contribution in [0.1, 0.15) is 24.8 Å². The number of carbonyl (C=O) groups is 1. The molecule has 2 aromatic carbocycles. The fourth-order valence-corrected chi connectivity index (χ4v) is 3.23. The van der Waals surface area contributed by atoms with Gasteiger partial charge in [0.15, 0.2) is 0 Å². The van der Waals surface area contributed by atoms with Crippen LogP contribution < -0.4 is 4.74 Å². The molecule has 0 unspecified atom stereocenters. The number of aromatic nitrogens is 1. The van der Waals surface area contributed by atoms with Crippen LogP contribution in [0.25, 0.3) is 10.9 Å². The van der Waals surface area contributed by atoms with E-state index >= 15 is 0 Å². The maximum absolute atomic E-state index is 13.2. The third-order valence-corrected chi connectivity index (χ3v) is 4.78. The highest BCUT2D eigenvalue weighted by molar-refractivity contribution is 5.87. The quantitative estimate of drug-likeness (QED) is 0.530. The molecule has 24 heavy (non-hydrogen) atoms. The Hall–Kier alpha value is -2.75. The van der Waals surface area contributed by atoms with E-state index in [2.05, 4.69) is 4.98 Å². The van der Waals surface area contributed by atoms with E-state index in [0.29, 0.717) is 5.75 Å². The summed E-state index contributed by atoms with van der Waals surface area (Å²) in [7, 11) is 0.